The summed E-state index contributed by atoms with van der Waals surface area (Å²) in [6.07, 6.45) is 0.989. The van der Waals surface area contributed by atoms with Crippen LogP contribution >= 0.6 is 0 Å². The summed E-state index contributed by atoms with van der Waals surface area (Å²) >= 11 is 0. The Labute approximate surface area is 185 Å². The molecule has 172 valence electrons. The molecule has 0 spiro atoms. The molecule has 0 aromatic heterocycles. The van der Waals surface area contributed by atoms with E-state index in [0.717, 1.165) is 0 Å². The quantitative estimate of drug-likeness (QED) is 0.284. The Morgan fingerprint density at radius 2 is 1.19 bits per heavy atom. The fraction of sp³-hybridized carbons (Fsp3) is 0.304. The van der Waals surface area contributed by atoms with Crippen LogP contribution in [0.25, 0.3) is 0 Å². The van der Waals surface area contributed by atoms with Gasteiger partial charge in [-0.05, 0) is 12.8 Å². The number of carboxylic acid groups (broad SMARTS) is 2. The molecule has 0 heterocycles. The maximum absolute atomic E-state index is 11.6. The number of Topliss-reactive ketones (excluding diaryl/α,β-unsaturated/α-hetero) is 2. The van der Waals surface area contributed by atoms with Crippen molar-refractivity contribution in [3.05, 3.63) is 75.8 Å². The van der Waals surface area contributed by atoms with Crippen molar-refractivity contribution in [3.63, 3.8) is 0 Å². The highest BCUT2D eigenvalue weighted by Gasteiger charge is 2.11. The van der Waals surface area contributed by atoms with Crippen molar-refractivity contribution in [2.75, 3.05) is 0 Å². The van der Waals surface area contributed by atoms with E-state index in [-0.39, 0.29) is 55.9 Å². The summed E-state index contributed by atoms with van der Waals surface area (Å²) in [4.78, 5) is 53.4. The molecule has 2 aromatic carbocycles. The third-order valence-electron chi connectivity index (χ3n) is 4.06. The molecule has 0 saturated heterocycles. The molecule has 0 aliphatic heterocycles. The van der Waals surface area contributed by atoms with Crippen molar-refractivity contribution >= 4 is 29.2 Å². The summed E-state index contributed by atoms with van der Waals surface area (Å²) in [5.74, 6) is -2.09. The van der Waals surface area contributed by atoms with Gasteiger partial charge in [-0.1, -0.05) is 49.9 Å². The zero-order valence-electron chi connectivity index (χ0n) is 16.7. The van der Waals surface area contributed by atoms with Crippen molar-refractivity contribution in [3.8, 4) is 0 Å². The number of benzene rings is 2. The van der Waals surface area contributed by atoms with Gasteiger partial charge in [-0.15, -0.1) is 0 Å². The van der Waals surface area contributed by atoms with Crippen molar-refractivity contribution in [1.82, 2.24) is 0 Å². The highest BCUT2D eigenvalue weighted by Crippen LogP contribution is 2.15. The van der Waals surface area contributed by atoms with Gasteiger partial charge in [-0.25, -0.2) is 0 Å². The number of hydrogen-bond donors (Lipinski definition) is 2. The summed E-state index contributed by atoms with van der Waals surface area (Å²) in [7, 11) is 0. The van der Waals surface area contributed by atoms with Gasteiger partial charge in [0.05, 0.1) is 4.92 Å². The molecule has 0 aliphatic carbocycles. The van der Waals surface area contributed by atoms with Gasteiger partial charge >= 0.3 is 11.9 Å². The molecule has 2 aromatic rings. The first-order chi connectivity index (χ1) is 14.7. The topological polar surface area (TPSA) is 152 Å². The number of nitrogens with zero attached hydrogens (tertiary/aromatic N) is 1. The van der Waals surface area contributed by atoms with Crippen molar-refractivity contribution < 1.29 is 34.3 Å². The summed E-state index contributed by atoms with van der Waals surface area (Å²) < 4.78 is 0. The number of aliphatic carboxylic acids is 2. The van der Waals surface area contributed by atoms with Crippen LogP contribution in [0, 0.1) is 10.1 Å². The molecular weight excluding hydrogens is 418 g/mol. The summed E-state index contributed by atoms with van der Waals surface area (Å²) in [5.41, 5.74) is 0.747. The molecule has 9 heteroatoms. The number of carbonyl (C=O) groups is 4. The van der Waals surface area contributed by atoms with Crippen molar-refractivity contribution in [2.24, 2.45) is 0 Å². The van der Waals surface area contributed by atoms with Gasteiger partial charge in [-0.2, -0.15) is 0 Å². The molecule has 32 heavy (non-hydrogen) atoms. The van der Waals surface area contributed by atoms with Crippen molar-refractivity contribution in [1.29, 1.82) is 0 Å². The lowest BCUT2D eigenvalue weighted by Gasteiger charge is -1.99. The Kier molecular flexibility index (Phi) is 13.2. The lowest BCUT2D eigenvalue weighted by atomic mass is 10.1. The molecule has 0 saturated carbocycles. The van der Waals surface area contributed by atoms with Crippen LogP contribution in [0.3, 0.4) is 0 Å². The first kappa shape index (κ1) is 28.1. The average Bonchev–Trinajstić information content (AvgIpc) is 2.74. The Morgan fingerprint density at radius 1 is 0.719 bits per heavy atom. The van der Waals surface area contributed by atoms with E-state index in [1.807, 2.05) is 6.07 Å². The van der Waals surface area contributed by atoms with E-state index < -0.39 is 16.9 Å². The predicted molar refractivity (Wildman–Crippen MR) is 118 cm³/mol. The fourth-order valence-corrected chi connectivity index (χ4v) is 2.51. The second-order valence-corrected chi connectivity index (χ2v) is 6.51. The van der Waals surface area contributed by atoms with Crippen LogP contribution in [0.4, 0.5) is 5.69 Å². The zero-order valence-corrected chi connectivity index (χ0v) is 16.7. The molecule has 2 rings (SSSR count). The van der Waals surface area contributed by atoms with Crippen LogP contribution in [0.15, 0.2) is 54.6 Å². The maximum atomic E-state index is 11.6. The van der Waals surface area contributed by atoms with Gasteiger partial charge in [0.15, 0.2) is 11.6 Å². The molecule has 0 amide bonds. The monoisotopic (exact) mass is 445 g/mol. The molecule has 0 bridgehead atoms. The van der Waals surface area contributed by atoms with E-state index in [9.17, 15) is 29.3 Å². The average molecular weight is 445 g/mol. The Morgan fingerprint density at radius 3 is 1.66 bits per heavy atom. The van der Waals surface area contributed by atoms with Gasteiger partial charge < -0.3 is 10.2 Å². The van der Waals surface area contributed by atoms with Gasteiger partial charge in [-0.3, -0.25) is 29.3 Å². The summed E-state index contributed by atoms with van der Waals surface area (Å²) in [6.45, 7) is 0. The van der Waals surface area contributed by atoms with Gasteiger partial charge in [0, 0.05) is 48.9 Å². The smallest absolute Gasteiger partial charge is 0.303 e. The largest absolute Gasteiger partial charge is 0.481 e. The van der Waals surface area contributed by atoms with Crippen LogP contribution < -0.4 is 0 Å². The Hall–Kier alpha value is -3.88. The lowest BCUT2D eigenvalue weighted by Crippen LogP contribution is -2.02. The number of carboxylic acids is 2. The molecule has 0 aliphatic rings. The van der Waals surface area contributed by atoms with Crippen molar-refractivity contribution in [2.45, 2.75) is 46.0 Å². The van der Waals surface area contributed by atoms with E-state index in [4.69, 9.17) is 10.2 Å². The first-order valence-corrected chi connectivity index (χ1v) is 9.50. The third-order valence-corrected chi connectivity index (χ3v) is 4.06. The molecule has 0 atom stereocenters. The van der Waals surface area contributed by atoms with E-state index >= 15 is 0 Å². The second kappa shape index (κ2) is 15.0. The van der Waals surface area contributed by atoms with E-state index in [0.29, 0.717) is 18.4 Å². The lowest BCUT2D eigenvalue weighted by molar-refractivity contribution is -0.384. The van der Waals surface area contributed by atoms with E-state index in [1.54, 1.807) is 24.3 Å². The minimum Gasteiger partial charge on any atom is -0.481 e. The number of carbonyl (C=O) groups excluding carboxylic acids is 2. The minimum atomic E-state index is -0.961. The zero-order chi connectivity index (χ0) is 23.2. The normalized spacial score (nSPS) is 9.50. The van der Waals surface area contributed by atoms with Gasteiger partial charge in [0.2, 0.25) is 0 Å². The highest BCUT2D eigenvalue weighted by atomic mass is 16.6. The number of ketones is 2. The Balaban J connectivity index is 0.000000592. The molecule has 0 fully saturated rings. The number of nitro benzene ring substituents is 1. The number of nitro groups is 1. The molecule has 9 nitrogen and oxygen atoms in total. The first-order valence-electron chi connectivity index (χ1n) is 9.50. The molecule has 2 N–H and O–H groups in total. The fourth-order valence-electron chi connectivity index (χ4n) is 2.51. The van der Waals surface area contributed by atoms with Gasteiger partial charge in [0.1, 0.15) is 0 Å². The van der Waals surface area contributed by atoms with E-state index in [1.165, 1.54) is 24.3 Å². The minimum absolute atomic E-state index is 0. The molecule has 0 unspecified atom stereocenters. The SMILES string of the molecule is C.O=C(O)CCCC(=O)c1cccc([N+](=O)[O-])c1.O=C(O)CCCC(=O)c1ccccc1. The van der Waals surface area contributed by atoms with Crippen LogP contribution in [-0.4, -0.2) is 38.6 Å². The third kappa shape index (κ3) is 11.3. The number of hydrogen-bond acceptors (Lipinski definition) is 6. The summed E-state index contributed by atoms with van der Waals surface area (Å²) in [6, 6.07) is 14.3. The van der Waals surface area contributed by atoms with Crippen LogP contribution in [0.5, 0.6) is 0 Å². The predicted octanol–water partition coefficient (Wildman–Crippen LogP) is 4.79. The van der Waals surface area contributed by atoms with Crippen LogP contribution in [0.1, 0.15) is 66.7 Å². The van der Waals surface area contributed by atoms with Gasteiger partial charge in [0.25, 0.3) is 5.69 Å². The van der Waals surface area contributed by atoms with Crippen LogP contribution in [-0.2, 0) is 9.59 Å². The second-order valence-electron chi connectivity index (χ2n) is 6.51. The number of rotatable bonds is 11. The molecule has 0 radical (unpaired) electrons. The highest BCUT2D eigenvalue weighted by molar-refractivity contribution is 5.97. The standard InChI is InChI=1S/C11H11NO5.C11H12O3.CH4/c13-10(5-2-6-11(14)15)8-3-1-4-9(7-8)12(16)17;12-10(7-4-8-11(13)14)9-5-2-1-3-6-9;/h1,3-4,7H,2,5-6H2,(H,14,15);1-3,5-6H,4,7-8H2,(H,13,14);1H4. The van der Waals surface area contributed by atoms with E-state index in [2.05, 4.69) is 0 Å². The summed E-state index contributed by atoms with van der Waals surface area (Å²) in [5, 5.41) is 27.3. The number of non-ortho nitro benzene ring substituents is 1. The Bertz CT molecular complexity index is 925. The van der Waals surface area contributed by atoms with Crippen LogP contribution in [0.2, 0.25) is 0 Å². The molecular formula is C23H27NO8. The maximum Gasteiger partial charge on any atom is 0.303 e.